The van der Waals surface area contributed by atoms with E-state index in [-0.39, 0.29) is 23.3 Å². The van der Waals surface area contributed by atoms with Crippen LogP contribution in [0.3, 0.4) is 0 Å². The highest BCUT2D eigenvalue weighted by molar-refractivity contribution is 5.74. The van der Waals surface area contributed by atoms with E-state index in [9.17, 15) is 14.9 Å². The van der Waals surface area contributed by atoms with Gasteiger partial charge in [0.2, 0.25) is 0 Å². The average molecular weight is 364 g/mol. The molecule has 0 aromatic heterocycles. The largest absolute Gasteiger partial charge is 0.379 e. The highest BCUT2D eigenvalue weighted by Gasteiger charge is 2.29. The lowest BCUT2D eigenvalue weighted by atomic mass is 10.0. The smallest absolute Gasteiger partial charge is 0.317 e. The van der Waals surface area contributed by atoms with Crippen molar-refractivity contribution in [1.82, 2.24) is 15.1 Å². The van der Waals surface area contributed by atoms with Crippen molar-refractivity contribution in [2.45, 2.75) is 32.4 Å². The summed E-state index contributed by atoms with van der Waals surface area (Å²) in [6.45, 7) is 9.68. The van der Waals surface area contributed by atoms with Gasteiger partial charge in [-0.1, -0.05) is 12.1 Å². The van der Waals surface area contributed by atoms with Crippen LogP contribution in [0.1, 0.15) is 32.4 Å². The number of benzene rings is 1. The third-order valence-electron chi connectivity index (χ3n) is 5.00. The number of urea groups is 1. The number of hydrogen-bond acceptors (Lipinski definition) is 5. The fourth-order valence-corrected chi connectivity index (χ4v) is 2.99. The quantitative estimate of drug-likeness (QED) is 0.619. The Balaban J connectivity index is 1.95. The number of ether oxygens (including phenoxy) is 1. The first-order valence-corrected chi connectivity index (χ1v) is 8.80. The van der Waals surface area contributed by atoms with E-state index in [2.05, 4.69) is 24.1 Å². The zero-order valence-electron chi connectivity index (χ0n) is 15.9. The van der Waals surface area contributed by atoms with Crippen molar-refractivity contribution in [3.8, 4) is 0 Å². The molecule has 2 rings (SSSR count). The van der Waals surface area contributed by atoms with Crippen LogP contribution in [0.25, 0.3) is 0 Å². The molecule has 1 aliphatic rings. The molecule has 1 atom stereocenters. The summed E-state index contributed by atoms with van der Waals surface area (Å²) in [5.41, 5.74) is 0.579. The highest BCUT2D eigenvalue weighted by atomic mass is 16.6. The number of nitrogens with one attached hydrogen (secondary N) is 1. The molecule has 1 fully saturated rings. The lowest BCUT2D eigenvalue weighted by molar-refractivity contribution is -0.384. The molecule has 2 amide bonds. The normalized spacial score (nSPS) is 16.8. The molecule has 1 saturated heterocycles. The summed E-state index contributed by atoms with van der Waals surface area (Å²) in [6.07, 6.45) is 0. The van der Waals surface area contributed by atoms with E-state index >= 15 is 0 Å². The van der Waals surface area contributed by atoms with Crippen LogP contribution in [0, 0.1) is 10.1 Å². The van der Waals surface area contributed by atoms with Gasteiger partial charge < -0.3 is 15.0 Å². The molecular weight excluding hydrogens is 336 g/mol. The van der Waals surface area contributed by atoms with Gasteiger partial charge in [-0.2, -0.15) is 0 Å². The standard InChI is InChI=1S/C18H28N4O4/c1-14(15-6-5-7-16(12-15)22(24)25)20(4)17(23)19-13-18(2,3)21-8-10-26-11-9-21/h5-7,12,14H,8-11,13H2,1-4H3,(H,19,23)/t14-/m1/s1. The lowest BCUT2D eigenvalue weighted by Crippen LogP contribution is -2.56. The van der Waals surface area contributed by atoms with E-state index in [1.54, 1.807) is 24.1 Å². The van der Waals surface area contributed by atoms with E-state index in [1.807, 2.05) is 6.92 Å². The third-order valence-corrected chi connectivity index (χ3v) is 5.00. The second kappa shape index (κ2) is 8.46. The summed E-state index contributed by atoms with van der Waals surface area (Å²) in [5.74, 6) is 0. The average Bonchev–Trinajstić information content (AvgIpc) is 2.65. The number of carbonyl (C=O) groups excluding carboxylic acids is 1. The zero-order chi connectivity index (χ0) is 19.3. The zero-order valence-corrected chi connectivity index (χ0v) is 15.9. The molecule has 0 spiro atoms. The van der Waals surface area contributed by atoms with E-state index < -0.39 is 4.92 Å². The molecule has 0 saturated carbocycles. The second-order valence-corrected chi connectivity index (χ2v) is 7.21. The molecular formula is C18H28N4O4. The maximum Gasteiger partial charge on any atom is 0.317 e. The number of morpholine rings is 1. The van der Waals surface area contributed by atoms with Crippen LogP contribution in [0.15, 0.2) is 24.3 Å². The van der Waals surface area contributed by atoms with Crippen molar-refractivity contribution in [3.05, 3.63) is 39.9 Å². The van der Waals surface area contributed by atoms with E-state index in [1.165, 1.54) is 12.1 Å². The van der Waals surface area contributed by atoms with Crippen LogP contribution in [0.4, 0.5) is 10.5 Å². The maximum absolute atomic E-state index is 12.5. The van der Waals surface area contributed by atoms with Crippen molar-refractivity contribution >= 4 is 11.7 Å². The summed E-state index contributed by atoms with van der Waals surface area (Å²) < 4.78 is 5.38. The minimum atomic E-state index is -0.429. The first-order valence-electron chi connectivity index (χ1n) is 8.80. The van der Waals surface area contributed by atoms with Gasteiger partial charge in [0.15, 0.2) is 0 Å². The predicted molar refractivity (Wildman–Crippen MR) is 99.1 cm³/mol. The van der Waals surface area contributed by atoms with Gasteiger partial charge in [-0.15, -0.1) is 0 Å². The molecule has 8 nitrogen and oxygen atoms in total. The topological polar surface area (TPSA) is 88.0 Å². The van der Waals surface area contributed by atoms with Crippen LogP contribution in [-0.4, -0.2) is 66.2 Å². The third kappa shape index (κ3) is 4.92. The SMILES string of the molecule is C[C@H](c1cccc([N+](=O)[O-])c1)N(C)C(=O)NCC(C)(C)N1CCOCC1. The van der Waals surface area contributed by atoms with Gasteiger partial charge in [-0.05, 0) is 26.3 Å². The van der Waals surface area contributed by atoms with Gasteiger partial charge in [0, 0.05) is 44.4 Å². The Morgan fingerprint density at radius 1 is 1.42 bits per heavy atom. The first-order chi connectivity index (χ1) is 12.2. The number of amides is 2. The summed E-state index contributed by atoms with van der Waals surface area (Å²) in [5, 5.41) is 13.9. The Labute approximate surface area is 154 Å². The van der Waals surface area contributed by atoms with Crippen LogP contribution in [-0.2, 0) is 4.74 Å². The number of nitro benzene ring substituents is 1. The Bertz CT molecular complexity index is 644. The van der Waals surface area contributed by atoms with Crippen LogP contribution < -0.4 is 5.32 Å². The minimum Gasteiger partial charge on any atom is -0.379 e. The maximum atomic E-state index is 12.5. The molecule has 1 aromatic rings. The summed E-state index contributed by atoms with van der Waals surface area (Å²) in [4.78, 5) is 26.9. The molecule has 0 radical (unpaired) electrons. The molecule has 0 unspecified atom stereocenters. The highest BCUT2D eigenvalue weighted by Crippen LogP contribution is 2.23. The van der Waals surface area contributed by atoms with Crippen molar-refractivity contribution in [2.75, 3.05) is 39.9 Å². The lowest BCUT2D eigenvalue weighted by Gasteiger charge is -2.41. The van der Waals surface area contributed by atoms with Crippen LogP contribution >= 0.6 is 0 Å². The number of non-ortho nitro benzene ring substituents is 1. The molecule has 144 valence electrons. The Kier molecular flexibility index (Phi) is 6.55. The van der Waals surface area contributed by atoms with Crippen molar-refractivity contribution in [1.29, 1.82) is 0 Å². The van der Waals surface area contributed by atoms with Gasteiger partial charge in [-0.3, -0.25) is 15.0 Å². The predicted octanol–water partition coefficient (Wildman–Crippen LogP) is 2.41. The fraction of sp³-hybridized carbons (Fsp3) is 0.611. The van der Waals surface area contributed by atoms with Crippen LogP contribution in [0.5, 0.6) is 0 Å². The molecule has 1 N–H and O–H groups in total. The molecule has 1 heterocycles. The minimum absolute atomic E-state index is 0.0246. The Hall–Kier alpha value is -2.19. The number of nitro groups is 1. The summed E-state index contributed by atoms with van der Waals surface area (Å²) in [6, 6.07) is 5.90. The fourth-order valence-electron chi connectivity index (χ4n) is 2.99. The molecule has 0 aliphatic carbocycles. The van der Waals surface area contributed by atoms with Crippen molar-refractivity contribution in [3.63, 3.8) is 0 Å². The monoisotopic (exact) mass is 364 g/mol. The summed E-state index contributed by atoms with van der Waals surface area (Å²) in [7, 11) is 1.70. The van der Waals surface area contributed by atoms with E-state index in [0.717, 1.165) is 18.7 Å². The van der Waals surface area contributed by atoms with Crippen molar-refractivity contribution in [2.24, 2.45) is 0 Å². The molecule has 8 heteroatoms. The van der Waals surface area contributed by atoms with Gasteiger partial charge >= 0.3 is 6.03 Å². The molecule has 26 heavy (non-hydrogen) atoms. The van der Waals surface area contributed by atoms with E-state index in [0.29, 0.717) is 19.8 Å². The summed E-state index contributed by atoms with van der Waals surface area (Å²) >= 11 is 0. The molecule has 1 aromatic carbocycles. The number of nitrogens with zero attached hydrogens (tertiary/aromatic N) is 3. The Morgan fingerprint density at radius 3 is 2.69 bits per heavy atom. The number of hydrogen-bond donors (Lipinski definition) is 1. The van der Waals surface area contributed by atoms with Crippen molar-refractivity contribution < 1.29 is 14.5 Å². The van der Waals surface area contributed by atoms with Gasteiger partial charge in [-0.25, -0.2) is 4.79 Å². The Morgan fingerprint density at radius 2 is 2.08 bits per heavy atom. The van der Waals surface area contributed by atoms with Gasteiger partial charge in [0.1, 0.15) is 0 Å². The van der Waals surface area contributed by atoms with Gasteiger partial charge in [0.05, 0.1) is 24.2 Å². The second-order valence-electron chi connectivity index (χ2n) is 7.21. The first kappa shape index (κ1) is 20.1. The van der Waals surface area contributed by atoms with Crippen LogP contribution in [0.2, 0.25) is 0 Å². The number of carbonyl (C=O) groups is 1. The molecule has 1 aliphatic heterocycles. The van der Waals surface area contributed by atoms with E-state index in [4.69, 9.17) is 4.74 Å². The molecule has 0 bridgehead atoms. The van der Waals surface area contributed by atoms with Gasteiger partial charge in [0.25, 0.3) is 5.69 Å². The number of rotatable bonds is 6.